The van der Waals surface area contributed by atoms with E-state index < -0.39 is 7.82 Å². The van der Waals surface area contributed by atoms with Crippen LogP contribution in [-0.4, -0.2) is 19.1 Å². The number of rotatable bonds is 12. The summed E-state index contributed by atoms with van der Waals surface area (Å²) in [4.78, 5) is 23.3. The van der Waals surface area contributed by atoms with Crippen LogP contribution in [0.2, 0.25) is 0 Å². The molecule has 0 heterocycles. The van der Waals surface area contributed by atoms with E-state index in [1.807, 2.05) is 13.0 Å². The van der Waals surface area contributed by atoms with Gasteiger partial charge in [0, 0.05) is 13.0 Å². The first-order valence-electron chi connectivity index (χ1n) is 8.41. The molecule has 1 N–H and O–H groups in total. The van der Waals surface area contributed by atoms with Gasteiger partial charge in [-0.1, -0.05) is 44.7 Å². The number of aryl methyl sites for hydroxylation is 1. The number of carbonyl (C=O) groups excluding carboxylic acids is 1. The monoisotopic (exact) mass is 356 g/mol. The van der Waals surface area contributed by atoms with E-state index in [4.69, 9.17) is 9.05 Å². The van der Waals surface area contributed by atoms with Crippen LogP contribution in [0.25, 0.3) is 0 Å². The largest absolute Gasteiger partial charge is 0.746 e. The molecule has 1 rings (SSSR count). The van der Waals surface area contributed by atoms with Crippen LogP contribution in [0.4, 0.5) is 0 Å². The number of carbonyl (C=O) groups is 1. The lowest BCUT2D eigenvalue weighted by molar-refractivity contribution is -0.216. The molecule has 0 saturated carbocycles. The summed E-state index contributed by atoms with van der Waals surface area (Å²) in [7, 11) is -4.43. The van der Waals surface area contributed by atoms with E-state index in [1.165, 1.54) is 12.8 Å². The number of nitrogens with one attached hydrogen (secondary N) is 1. The quantitative estimate of drug-likeness (QED) is 0.458. The Bertz CT molecular complexity index is 550. The number of hydrogen-bond acceptors (Lipinski definition) is 5. The lowest BCUT2D eigenvalue weighted by Gasteiger charge is -2.23. The van der Waals surface area contributed by atoms with E-state index in [-0.39, 0.29) is 24.8 Å². The van der Waals surface area contributed by atoms with Crippen molar-refractivity contribution in [2.75, 3.05) is 13.2 Å². The summed E-state index contributed by atoms with van der Waals surface area (Å²) >= 11 is 0. The summed E-state index contributed by atoms with van der Waals surface area (Å²) in [6.07, 6.45) is 5.85. The van der Waals surface area contributed by atoms with Crippen molar-refractivity contribution in [3.05, 3.63) is 29.8 Å². The van der Waals surface area contributed by atoms with Crippen LogP contribution in [0.15, 0.2) is 24.3 Å². The minimum absolute atomic E-state index is 0.0876. The fraction of sp³-hybridized carbons (Fsp3) is 0.588. The molecular formula is C17H27NO5P-. The Morgan fingerprint density at radius 3 is 2.71 bits per heavy atom. The van der Waals surface area contributed by atoms with Crippen molar-refractivity contribution in [2.24, 2.45) is 0 Å². The molecule has 0 saturated heterocycles. The molecule has 1 atom stereocenters. The average Bonchev–Trinajstić information content (AvgIpc) is 2.51. The molecule has 1 unspecified atom stereocenters. The second kappa shape index (κ2) is 11.2. The summed E-state index contributed by atoms with van der Waals surface area (Å²) in [5.74, 6) is 0.125. The molecule has 0 aliphatic heterocycles. The van der Waals surface area contributed by atoms with Crippen LogP contribution in [0.1, 0.15) is 51.0 Å². The normalized spacial score (nSPS) is 13.3. The lowest BCUT2D eigenvalue weighted by Crippen LogP contribution is -2.27. The van der Waals surface area contributed by atoms with Gasteiger partial charge in [0.25, 0.3) is 0 Å². The number of benzene rings is 1. The van der Waals surface area contributed by atoms with Crippen LogP contribution in [0.3, 0.4) is 0 Å². The van der Waals surface area contributed by atoms with Gasteiger partial charge in [0.15, 0.2) is 0 Å². The van der Waals surface area contributed by atoms with Gasteiger partial charge in [-0.05, 0) is 31.0 Å². The zero-order valence-corrected chi connectivity index (χ0v) is 15.3. The molecule has 0 aromatic heterocycles. The summed E-state index contributed by atoms with van der Waals surface area (Å²) in [5, 5.41) is 2.64. The summed E-state index contributed by atoms with van der Waals surface area (Å²) < 4.78 is 21.3. The van der Waals surface area contributed by atoms with Gasteiger partial charge in [-0.2, -0.15) is 0 Å². The number of amides is 1. The van der Waals surface area contributed by atoms with Crippen LogP contribution >= 0.6 is 7.82 Å². The third kappa shape index (κ3) is 9.71. The van der Waals surface area contributed by atoms with Gasteiger partial charge < -0.3 is 19.3 Å². The first-order valence-corrected chi connectivity index (χ1v) is 9.87. The molecule has 1 aromatic rings. The highest BCUT2D eigenvalue weighted by Crippen LogP contribution is 2.39. The SMILES string of the molecule is CCCCCCCC(=O)NCCOP(=O)([O-])Oc1cccc(C)c1. The number of phosphoric acid groups is 1. The second-order valence-corrected chi connectivity index (χ2v) is 7.04. The van der Waals surface area contributed by atoms with E-state index in [9.17, 15) is 14.3 Å². The summed E-state index contributed by atoms with van der Waals surface area (Å²) in [5.41, 5.74) is 0.888. The van der Waals surface area contributed by atoms with Crippen LogP contribution in [-0.2, 0) is 13.9 Å². The van der Waals surface area contributed by atoms with Gasteiger partial charge in [0.1, 0.15) is 5.75 Å². The van der Waals surface area contributed by atoms with Crippen molar-refractivity contribution in [2.45, 2.75) is 52.4 Å². The third-order valence-electron chi connectivity index (χ3n) is 3.39. The molecular weight excluding hydrogens is 329 g/mol. The minimum Gasteiger partial charge on any atom is -0.746 e. The van der Waals surface area contributed by atoms with Gasteiger partial charge >= 0.3 is 7.82 Å². The highest BCUT2D eigenvalue weighted by molar-refractivity contribution is 7.46. The lowest BCUT2D eigenvalue weighted by atomic mass is 10.1. The van der Waals surface area contributed by atoms with Crippen molar-refractivity contribution in [3.8, 4) is 5.75 Å². The first kappa shape index (κ1) is 20.7. The molecule has 0 fully saturated rings. The van der Waals surface area contributed by atoms with Crippen molar-refractivity contribution < 1.29 is 23.3 Å². The molecule has 0 spiro atoms. The van der Waals surface area contributed by atoms with Gasteiger partial charge in [0.05, 0.1) is 6.61 Å². The number of hydrogen-bond donors (Lipinski definition) is 1. The Morgan fingerprint density at radius 2 is 2.00 bits per heavy atom. The maximum atomic E-state index is 11.7. The van der Waals surface area contributed by atoms with Crippen molar-refractivity contribution in [1.82, 2.24) is 5.32 Å². The molecule has 1 aromatic carbocycles. The second-order valence-electron chi connectivity index (χ2n) is 5.70. The van der Waals surface area contributed by atoms with Crippen molar-refractivity contribution in [3.63, 3.8) is 0 Å². The smallest absolute Gasteiger partial charge is 0.319 e. The molecule has 136 valence electrons. The zero-order valence-electron chi connectivity index (χ0n) is 14.5. The van der Waals surface area contributed by atoms with Gasteiger partial charge in [0.2, 0.25) is 5.91 Å². The Morgan fingerprint density at radius 1 is 1.25 bits per heavy atom. The highest BCUT2D eigenvalue weighted by Gasteiger charge is 2.11. The zero-order chi connectivity index (χ0) is 17.8. The van der Waals surface area contributed by atoms with E-state index in [1.54, 1.807) is 18.2 Å². The van der Waals surface area contributed by atoms with Gasteiger partial charge in [-0.15, -0.1) is 0 Å². The van der Waals surface area contributed by atoms with Gasteiger partial charge in [-0.3, -0.25) is 9.36 Å². The number of unbranched alkanes of at least 4 members (excludes halogenated alkanes) is 4. The first-order chi connectivity index (χ1) is 11.4. The maximum Gasteiger partial charge on any atom is 0.319 e. The summed E-state index contributed by atoms with van der Waals surface area (Å²) in [6, 6.07) is 6.68. The molecule has 0 radical (unpaired) electrons. The summed E-state index contributed by atoms with van der Waals surface area (Å²) in [6.45, 7) is 3.97. The Balaban J connectivity index is 2.17. The van der Waals surface area contributed by atoms with Crippen molar-refractivity contribution in [1.29, 1.82) is 0 Å². The van der Waals surface area contributed by atoms with E-state index in [0.29, 0.717) is 6.42 Å². The molecule has 0 aliphatic carbocycles. The molecule has 24 heavy (non-hydrogen) atoms. The minimum atomic E-state index is -4.43. The van der Waals surface area contributed by atoms with E-state index in [0.717, 1.165) is 24.8 Å². The number of phosphoric ester groups is 1. The average molecular weight is 356 g/mol. The highest BCUT2D eigenvalue weighted by atomic mass is 31.2. The Hall–Kier alpha value is -1.36. The maximum absolute atomic E-state index is 11.7. The molecule has 1 amide bonds. The standard InChI is InChI=1S/C17H28NO5P/c1-3-4-5-6-7-11-17(19)18-12-13-22-24(20,21)23-16-10-8-9-15(2)14-16/h8-10,14H,3-7,11-13H2,1-2H3,(H,18,19)(H,20,21)/p-1. The predicted molar refractivity (Wildman–Crippen MR) is 91.8 cm³/mol. The fourth-order valence-corrected chi connectivity index (χ4v) is 2.89. The Kier molecular flexibility index (Phi) is 9.69. The van der Waals surface area contributed by atoms with Crippen LogP contribution < -0.4 is 14.7 Å². The topological polar surface area (TPSA) is 87.7 Å². The van der Waals surface area contributed by atoms with Crippen LogP contribution in [0, 0.1) is 6.92 Å². The van der Waals surface area contributed by atoms with Crippen LogP contribution in [0.5, 0.6) is 5.75 Å². The molecule has 7 heteroatoms. The Labute approximate surface area is 144 Å². The van der Waals surface area contributed by atoms with Crippen molar-refractivity contribution >= 4 is 13.7 Å². The predicted octanol–water partition coefficient (Wildman–Crippen LogP) is 3.34. The van der Waals surface area contributed by atoms with E-state index >= 15 is 0 Å². The van der Waals surface area contributed by atoms with E-state index in [2.05, 4.69) is 12.2 Å². The molecule has 0 bridgehead atoms. The van der Waals surface area contributed by atoms with Gasteiger partial charge in [-0.25, -0.2) is 0 Å². The molecule has 6 nitrogen and oxygen atoms in total. The fourth-order valence-electron chi connectivity index (χ4n) is 2.15. The third-order valence-corrected chi connectivity index (χ3v) is 4.32. The molecule has 0 aliphatic rings.